The molecule has 0 N–H and O–H groups in total. The smallest absolute Gasteiger partial charge is 0.410 e. The zero-order valence-electron chi connectivity index (χ0n) is 16.5. The maximum absolute atomic E-state index is 12.1. The van der Waals surface area contributed by atoms with Crippen LogP contribution in [0.15, 0.2) is 40.3 Å². The van der Waals surface area contributed by atoms with E-state index in [1.165, 1.54) is 0 Å². The van der Waals surface area contributed by atoms with Crippen molar-refractivity contribution in [2.75, 3.05) is 33.9 Å². The topological polar surface area (TPSA) is 60.4 Å². The molecule has 6 heteroatoms. The summed E-state index contributed by atoms with van der Waals surface area (Å²) in [5, 5.41) is 0. The van der Waals surface area contributed by atoms with Gasteiger partial charge in [0.15, 0.2) is 0 Å². The minimum atomic E-state index is -0.463. The van der Waals surface area contributed by atoms with Crippen molar-refractivity contribution in [3.05, 3.63) is 35.3 Å². The van der Waals surface area contributed by atoms with Crippen LogP contribution in [0.2, 0.25) is 0 Å². The van der Waals surface area contributed by atoms with Crippen LogP contribution in [0.25, 0.3) is 0 Å². The minimum Gasteiger partial charge on any atom is -0.501 e. The van der Waals surface area contributed by atoms with E-state index in [9.17, 15) is 4.79 Å². The van der Waals surface area contributed by atoms with Gasteiger partial charge in [-0.2, -0.15) is 0 Å². The van der Waals surface area contributed by atoms with Crippen LogP contribution in [-0.4, -0.2) is 56.2 Å². The third kappa shape index (κ3) is 5.93. The maximum Gasteiger partial charge on any atom is 0.410 e. The van der Waals surface area contributed by atoms with Crippen LogP contribution < -0.4 is 0 Å². The molecule has 1 heterocycles. The number of ether oxygens (including phenoxy) is 3. The average Bonchev–Trinajstić information content (AvgIpc) is 2.80. The van der Waals surface area contributed by atoms with Gasteiger partial charge in [-0.05, 0) is 32.9 Å². The Bertz CT molecular complexity index is 629. The summed E-state index contributed by atoms with van der Waals surface area (Å²) in [6.07, 6.45) is 7.99. The summed E-state index contributed by atoms with van der Waals surface area (Å²) in [5.41, 5.74) is 1.69. The second-order valence-corrected chi connectivity index (χ2v) is 7.36. The van der Waals surface area contributed by atoms with Crippen molar-refractivity contribution in [2.24, 2.45) is 4.99 Å². The first kappa shape index (κ1) is 20.1. The second-order valence-electron chi connectivity index (χ2n) is 7.36. The number of likely N-dealkylation sites (tertiary alicyclic amines) is 1. The molecular weight excluding hydrogens is 332 g/mol. The van der Waals surface area contributed by atoms with Crippen molar-refractivity contribution in [2.45, 2.75) is 45.6 Å². The third-order valence-corrected chi connectivity index (χ3v) is 4.22. The minimum absolute atomic E-state index is 0.245. The predicted molar refractivity (Wildman–Crippen MR) is 102 cm³/mol. The molecule has 1 aliphatic carbocycles. The zero-order valence-corrected chi connectivity index (χ0v) is 16.5. The van der Waals surface area contributed by atoms with Crippen molar-refractivity contribution < 1.29 is 19.0 Å². The van der Waals surface area contributed by atoms with Gasteiger partial charge in [0, 0.05) is 43.6 Å². The van der Waals surface area contributed by atoms with E-state index in [-0.39, 0.29) is 6.09 Å². The van der Waals surface area contributed by atoms with Gasteiger partial charge in [0.1, 0.15) is 11.4 Å². The van der Waals surface area contributed by atoms with Crippen LogP contribution in [0.4, 0.5) is 4.79 Å². The number of nitrogens with zero attached hydrogens (tertiary/aromatic N) is 2. The first-order chi connectivity index (χ1) is 12.3. The van der Waals surface area contributed by atoms with Crippen LogP contribution in [0.1, 0.15) is 40.0 Å². The van der Waals surface area contributed by atoms with Crippen LogP contribution in [0.3, 0.4) is 0 Å². The van der Waals surface area contributed by atoms with E-state index in [1.807, 2.05) is 39.0 Å². The highest BCUT2D eigenvalue weighted by atomic mass is 16.6. The Balaban J connectivity index is 1.93. The molecule has 144 valence electrons. The van der Waals surface area contributed by atoms with Crippen molar-refractivity contribution in [3.8, 4) is 0 Å². The molecule has 0 aromatic rings. The third-order valence-electron chi connectivity index (χ3n) is 4.22. The lowest BCUT2D eigenvalue weighted by molar-refractivity contribution is 0.0249. The fourth-order valence-corrected chi connectivity index (χ4v) is 2.79. The molecule has 0 aromatic carbocycles. The summed E-state index contributed by atoms with van der Waals surface area (Å²) >= 11 is 0. The summed E-state index contributed by atoms with van der Waals surface area (Å²) < 4.78 is 16.2. The van der Waals surface area contributed by atoms with Crippen LogP contribution in [0, 0.1) is 0 Å². The first-order valence-corrected chi connectivity index (χ1v) is 9.00. The second kappa shape index (κ2) is 8.92. The molecule has 0 bridgehead atoms. The van der Waals surface area contributed by atoms with Gasteiger partial charge in [0.25, 0.3) is 0 Å². The largest absolute Gasteiger partial charge is 0.501 e. The van der Waals surface area contributed by atoms with E-state index in [4.69, 9.17) is 19.2 Å². The maximum atomic E-state index is 12.1. The Kier molecular flexibility index (Phi) is 6.89. The van der Waals surface area contributed by atoms with Crippen LogP contribution in [0.5, 0.6) is 0 Å². The van der Waals surface area contributed by atoms with Gasteiger partial charge >= 0.3 is 6.09 Å². The SMILES string of the molecule is COC1=CC=C(CN=C2CCN(C(=O)OC(C)(C)C)CC2)C(OC)=CC1. The summed E-state index contributed by atoms with van der Waals surface area (Å²) in [5.74, 6) is 1.73. The molecule has 0 unspecified atom stereocenters. The predicted octanol–water partition coefficient (Wildman–Crippen LogP) is 3.85. The number of hydrogen-bond donors (Lipinski definition) is 0. The van der Waals surface area contributed by atoms with Crippen molar-refractivity contribution in [1.82, 2.24) is 4.90 Å². The number of methoxy groups -OCH3 is 2. The number of piperidine rings is 1. The fraction of sp³-hybridized carbons (Fsp3) is 0.600. The van der Waals surface area contributed by atoms with E-state index in [0.29, 0.717) is 26.1 Å². The van der Waals surface area contributed by atoms with Gasteiger partial charge in [0.05, 0.1) is 26.5 Å². The molecule has 0 aromatic heterocycles. The quantitative estimate of drug-likeness (QED) is 0.762. The highest BCUT2D eigenvalue weighted by Crippen LogP contribution is 2.20. The molecule has 1 fully saturated rings. The van der Waals surface area contributed by atoms with E-state index in [1.54, 1.807) is 19.1 Å². The molecule has 6 nitrogen and oxygen atoms in total. The number of carbonyl (C=O) groups is 1. The molecule has 0 radical (unpaired) electrons. The lowest BCUT2D eigenvalue weighted by atomic mass is 10.1. The standard InChI is InChI=1S/C20H30N2O4/c1-20(2,3)26-19(23)22-12-10-16(11-13-22)21-14-15-6-7-17(24-4)8-9-18(15)25-5/h6-7,9H,8,10-14H2,1-5H3. The highest BCUT2D eigenvalue weighted by Gasteiger charge is 2.25. The van der Waals surface area contributed by atoms with Crippen molar-refractivity contribution in [3.63, 3.8) is 0 Å². The van der Waals surface area contributed by atoms with Gasteiger partial charge in [0.2, 0.25) is 0 Å². The Morgan fingerprint density at radius 3 is 2.42 bits per heavy atom. The number of hydrogen-bond acceptors (Lipinski definition) is 5. The van der Waals surface area contributed by atoms with Crippen molar-refractivity contribution in [1.29, 1.82) is 0 Å². The molecule has 1 saturated heterocycles. The lowest BCUT2D eigenvalue weighted by Crippen LogP contribution is -2.41. The Hall–Kier alpha value is -2.24. The van der Waals surface area contributed by atoms with Crippen LogP contribution in [-0.2, 0) is 14.2 Å². The average molecular weight is 362 g/mol. The molecular formula is C20H30N2O4. The summed E-state index contributed by atoms with van der Waals surface area (Å²) in [7, 11) is 3.34. The first-order valence-electron chi connectivity index (χ1n) is 9.00. The van der Waals surface area contributed by atoms with Crippen molar-refractivity contribution >= 4 is 11.8 Å². The Morgan fingerprint density at radius 1 is 1.15 bits per heavy atom. The molecule has 0 spiro atoms. The molecule has 1 aliphatic heterocycles. The Morgan fingerprint density at radius 2 is 1.85 bits per heavy atom. The summed E-state index contributed by atoms with van der Waals surface area (Å²) in [4.78, 5) is 18.6. The molecule has 0 saturated carbocycles. The number of aliphatic imine (C=N–C) groups is 1. The van der Waals surface area contributed by atoms with Gasteiger partial charge in [-0.3, -0.25) is 4.99 Å². The molecule has 1 amide bonds. The lowest BCUT2D eigenvalue weighted by Gasteiger charge is -2.30. The van der Waals surface area contributed by atoms with Gasteiger partial charge in [-0.25, -0.2) is 4.79 Å². The zero-order chi connectivity index (χ0) is 19.2. The fourth-order valence-electron chi connectivity index (χ4n) is 2.79. The highest BCUT2D eigenvalue weighted by molar-refractivity contribution is 5.87. The van der Waals surface area contributed by atoms with Gasteiger partial charge < -0.3 is 19.1 Å². The molecule has 0 atom stereocenters. The van der Waals surface area contributed by atoms with Gasteiger partial charge in [-0.15, -0.1) is 0 Å². The van der Waals surface area contributed by atoms with Gasteiger partial charge in [-0.1, -0.05) is 6.08 Å². The van der Waals surface area contributed by atoms with E-state index in [2.05, 4.69) is 0 Å². The van der Waals surface area contributed by atoms with E-state index in [0.717, 1.165) is 35.6 Å². The summed E-state index contributed by atoms with van der Waals surface area (Å²) in [6, 6.07) is 0. The number of carbonyl (C=O) groups excluding carboxylic acids is 1. The molecule has 2 aliphatic rings. The van der Waals surface area contributed by atoms with E-state index >= 15 is 0 Å². The number of allylic oxidation sites excluding steroid dienone is 3. The molecule has 26 heavy (non-hydrogen) atoms. The van der Waals surface area contributed by atoms with Crippen LogP contribution >= 0.6 is 0 Å². The normalized spacial score (nSPS) is 18.3. The monoisotopic (exact) mass is 362 g/mol. The molecule has 2 rings (SSSR count). The van der Waals surface area contributed by atoms with E-state index < -0.39 is 5.60 Å². The summed E-state index contributed by atoms with van der Waals surface area (Å²) in [6.45, 7) is 7.50. The number of amides is 1. The Labute approximate surface area is 156 Å². The number of rotatable bonds is 4.